The smallest absolute Gasteiger partial charge is 0.0307 e. The second kappa shape index (κ2) is 6.87. The van der Waals surface area contributed by atoms with Gasteiger partial charge < -0.3 is 10.6 Å². The molecule has 0 amide bonds. The maximum Gasteiger partial charge on any atom is 0.0307 e. The Bertz CT molecular complexity index is 381. The van der Waals surface area contributed by atoms with Crippen LogP contribution in [0.3, 0.4) is 0 Å². The number of hydrogen-bond donors (Lipinski definition) is 1. The largest absolute Gasteiger partial charge is 0.324 e. The van der Waals surface area contributed by atoms with Crippen molar-refractivity contribution in [1.82, 2.24) is 4.90 Å². The van der Waals surface area contributed by atoms with E-state index in [4.69, 9.17) is 5.73 Å². The van der Waals surface area contributed by atoms with Crippen LogP contribution in [0.5, 0.6) is 0 Å². The summed E-state index contributed by atoms with van der Waals surface area (Å²) in [6, 6.07) is 8.96. The summed E-state index contributed by atoms with van der Waals surface area (Å²) in [7, 11) is 2.18. The van der Waals surface area contributed by atoms with Crippen LogP contribution < -0.4 is 5.73 Å². The normalized spacial score (nSPS) is 15.6. The molecule has 0 aliphatic heterocycles. The first-order valence-corrected chi connectivity index (χ1v) is 7.72. The Balaban J connectivity index is 2.50. The predicted octanol–water partition coefficient (Wildman–Crippen LogP) is 4.21. The number of benzene rings is 1. The molecule has 108 valence electrons. The molecule has 0 aliphatic carbocycles. The SMILES string of the molecule is CC(N(C)CCC(N)c1ccc(Br)cc1)C(C)(C)C. The molecule has 0 saturated carbocycles. The van der Waals surface area contributed by atoms with E-state index in [1.807, 2.05) is 0 Å². The molecule has 1 rings (SSSR count). The van der Waals surface area contributed by atoms with Gasteiger partial charge in [0.05, 0.1) is 0 Å². The van der Waals surface area contributed by atoms with Crippen molar-refractivity contribution in [3.63, 3.8) is 0 Å². The zero-order valence-electron chi connectivity index (χ0n) is 12.8. The molecule has 0 spiro atoms. The van der Waals surface area contributed by atoms with Gasteiger partial charge in [-0.3, -0.25) is 0 Å². The van der Waals surface area contributed by atoms with Crippen molar-refractivity contribution in [2.24, 2.45) is 11.1 Å². The molecule has 2 nitrogen and oxygen atoms in total. The molecule has 2 N–H and O–H groups in total. The first-order valence-electron chi connectivity index (χ1n) is 6.93. The van der Waals surface area contributed by atoms with Gasteiger partial charge in [-0.2, -0.15) is 0 Å². The topological polar surface area (TPSA) is 29.3 Å². The second-order valence-corrected chi connectivity index (χ2v) is 7.39. The highest BCUT2D eigenvalue weighted by atomic mass is 79.9. The molecule has 0 heterocycles. The molecule has 1 aromatic rings. The van der Waals surface area contributed by atoms with Gasteiger partial charge in [-0.25, -0.2) is 0 Å². The summed E-state index contributed by atoms with van der Waals surface area (Å²) in [5, 5.41) is 0. The third kappa shape index (κ3) is 5.25. The fourth-order valence-electron chi connectivity index (χ4n) is 2.07. The standard InChI is InChI=1S/C16H27BrN2/c1-12(16(2,3)4)19(5)11-10-15(18)13-6-8-14(17)9-7-13/h6-9,12,15H,10-11,18H2,1-5H3. The van der Waals surface area contributed by atoms with Crippen LogP contribution in [0, 0.1) is 5.41 Å². The molecule has 0 aliphatic rings. The van der Waals surface area contributed by atoms with Crippen LogP contribution in [0.1, 0.15) is 45.7 Å². The highest BCUT2D eigenvalue weighted by molar-refractivity contribution is 9.10. The highest BCUT2D eigenvalue weighted by Gasteiger charge is 2.23. The van der Waals surface area contributed by atoms with E-state index in [0.29, 0.717) is 11.5 Å². The zero-order chi connectivity index (χ0) is 14.6. The first-order chi connectivity index (χ1) is 8.71. The first kappa shape index (κ1) is 16.7. The van der Waals surface area contributed by atoms with Crippen molar-refractivity contribution < 1.29 is 0 Å². The molecule has 2 atom stereocenters. The van der Waals surface area contributed by atoms with E-state index in [9.17, 15) is 0 Å². The van der Waals surface area contributed by atoms with E-state index in [0.717, 1.165) is 17.4 Å². The maximum atomic E-state index is 6.26. The Labute approximate surface area is 126 Å². The van der Waals surface area contributed by atoms with Crippen LogP contribution >= 0.6 is 15.9 Å². The molecule has 0 saturated heterocycles. The highest BCUT2D eigenvalue weighted by Crippen LogP contribution is 2.24. The fourth-order valence-corrected chi connectivity index (χ4v) is 2.34. The number of nitrogens with two attached hydrogens (primary N) is 1. The summed E-state index contributed by atoms with van der Waals surface area (Å²) in [4.78, 5) is 2.40. The summed E-state index contributed by atoms with van der Waals surface area (Å²) in [5.41, 5.74) is 7.77. The van der Waals surface area contributed by atoms with Gasteiger partial charge in [0, 0.05) is 16.6 Å². The Morgan fingerprint density at radius 1 is 1.21 bits per heavy atom. The molecule has 0 aromatic heterocycles. The minimum absolute atomic E-state index is 0.114. The van der Waals surface area contributed by atoms with E-state index in [-0.39, 0.29) is 6.04 Å². The van der Waals surface area contributed by atoms with Crippen LogP contribution in [0.2, 0.25) is 0 Å². The summed E-state index contributed by atoms with van der Waals surface area (Å²) in [6.07, 6.45) is 0.985. The lowest BCUT2D eigenvalue weighted by molar-refractivity contribution is 0.137. The molecular formula is C16H27BrN2. The third-order valence-corrected chi connectivity index (χ3v) is 4.53. The fraction of sp³-hybridized carbons (Fsp3) is 0.625. The van der Waals surface area contributed by atoms with Crippen LogP contribution in [0.15, 0.2) is 28.7 Å². The van der Waals surface area contributed by atoms with Crippen molar-refractivity contribution in [3.8, 4) is 0 Å². The van der Waals surface area contributed by atoms with E-state index < -0.39 is 0 Å². The molecule has 19 heavy (non-hydrogen) atoms. The van der Waals surface area contributed by atoms with Gasteiger partial charge in [0.15, 0.2) is 0 Å². The van der Waals surface area contributed by atoms with Crippen molar-refractivity contribution in [1.29, 1.82) is 0 Å². The number of nitrogens with zero attached hydrogens (tertiary/aromatic N) is 1. The Morgan fingerprint density at radius 2 is 1.74 bits per heavy atom. The molecular weight excluding hydrogens is 300 g/mol. The van der Waals surface area contributed by atoms with Gasteiger partial charge in [-0.05, 0) is 50.0 Å². The third-order valence-electron chi connectivity index (χ3n) is 4.01. The van der Waals surface area contributed by atoms with Gasteiger partial charge in [0.1, 0.15) is 0 Å². The van der Waals surface area contributed by atoms with E-state index in [1.165, 1.54) is 5.56 Å². The van der Waals surface area contributed by atoms with Crippen molar-refractivity contribution in [2.45, 2.75) is 46.2 Å². The van der Waals surface area contributed by atoms with Gasteiger partial charge in [0.25, 0.3) is 0 Å². The summed E-state index contributed by atoms with van der Waals surface area (Å²) >= 11 is 3.45. The summed E-state index contributed by atoms with van der Waals surface area (Å²) in [5.74, 6) is 0. The average Bonchev–Trinajstić information content (AvgIpc) is 2.34. The Morgan fingerprint density at radius 3 is 2.21 bits per heavy atom. The van der Waals surface area contributed by atoms with Crippen LogP contribution in [-0.4, -0.2) is 24.5 Å². The predicted molar refractivity (Wildman–Crippen MR) is 87.2 cm³/mol. The molecule has 0 bridgehead atoms. The van der Waals surface area contributed by atoms with Crippen LogP contribution in [0.4, 0.5) is 0 Å². The molecule has 0 fully saturated rings. The van der Waals surface area contributed by atoms with Crippen molar-refractivity contribution in [2.75, 3.05) is 13.6 Å². The Kier molecular flexibility index (Phi) is 6.03. The lowest BCUT2D eigenvalue weighted by Crippen LogP contribution is -2.40. The molecule has 3 heteroatoms. The quantitative estimate of drug-likeness (QED) is 0.878. The van der Waals surface area contributed by atoms with E-state index in [1.54, 1.807) is 0 Å². The average molecular weight is 327 g/mol. The zero-order valence-corrected chi connectivity index (χ0v) is 14.4. The summed E-state index contributed by atoms with van der Waals surface area (Å²) in [6.45, 7) is 10.1. The minimum atomic E-state index is 0.114. The summed E-state index contributed by atoms with van der Waals surface area (Å²) < 4.78 is 1.10. The monoisotopic (exact) mass is 326 g/mol. The van der Waals surface area contributed by atoms with Crippen LogP contribution in [0.25, 0.3) is 0 Å². The number of hydrogen-bond acceptors (Lipinski definition) is 2. The van der Waals surface area contributed by atoms with Crippen LogP contribution in [-0.2, 0) is 0 Å². The lowest BCUT2D eigenvalue weighted by atomic mass is 9.87. The lowest BCUT2D eigenvalue weighted by Gasteiger charge is -2.35. The number of halogens is 1. The molecule has 1 aromatic carbocycles. The maximum absolute atomic E-state index is 6.26. The van der Waals surface area contributed by atoms with E-state index in [2.05, 4.69) is 79.8 Å². The van der Waals surface area contributed by atoms with Crippen molar-refractivity contribution in [3.05, 3.63) is 34.3 Å². The van der Waals surface area contributed by atoms with Gasteiger partial charge in [0.2, 0.25) is 0 Å². The second-order valence-electron chi connectivity index (χ2n) is 6.47. The van der Waals surface area contributed by atoms with Crippen molar-refractivity contribution >= 4 is 15.9 Å². The Hall–Kier alpha value is -0.380. The molecule has 2 unspecified atom stereocenters. The number of rotatable bonds is 5. The van der Waals surface area contributed by atoms with E-state index >= 15 is 0 Å². The van der Waals surface area contributed by atoms with Gasteiger partial charge in [-0.15, -0.1) is 0 Å². The minimum Gasteiger partial charge on any atom is -0.324 e. The molecule has 0 radical (unpaired) electrons. The van der Waals surface area contributed by atoms with Gasteiger partial charge >= 0.3 is 0 Å². The van der Waals surface area contributed by atoms with Gasteiger partial charge in [-0.1, -0.05) is 48.8 Å².